The molecule has 0 aromatic rings. The molecule has 0 heteroatoms. The third-order valence-corrected chi connectivity index (χ3v) is 2.02. The van der Waals surface area contributed by atoms with Gasteiger partial charge in [-0.15, -0.1) is 0 Å². The van der Waals surface area contributed by atoms with Crippen LogP contribution in [0.1, 0.15) is 27.7 Å². The minimum atomic E-state index is 0.716. The van der Waals surface area contributed by atoms with Crippen LogP contribution in [0, 0.1) is 5.92 Å². The van der Waals surface area contributed by atoms with E-state index in [0.717, 1.165) is 0 Å². The maximum absolute atomic E-state index is 2.28. The predicted octanol–water partition coefficient (Wildman–Crippen LogP) is 2.92. The normalized spacial score (nSPS) is 18.1. The Morgan fingerprint density at radius 2 is 1.78 bits per heavy atom. The monoisotopic (exact) mass is 122 g/mol. The first-order valence-electron chi connectivity index (χ1n) is 3.52. The SMILES string of the molecule is CC1=CC(C(C)C)=C1C. The maximum Gasteiger partial charge on any atom is -0.0216 e. The van der Waals surface area contributed by atoms with Crippen molar-refractivity contribution in [3.05, 3.63) is 22.8 Å². The molecule has 0 fully saturated rings. The molecular weight excluding hydrogens is 108 g/mol. The summed E-state index contributed by atoms with van der Waals surface area (Å²) >= 11 is 0. The Hall–Kier alpha value is -0.520. The largest absolute Gasteiger partial charge is 0.0587 e. The molecule has 0 N–H and O–H groups in total. The van der Waals surface area contributed by atoms with E-state index in [4.69, 9.17) is 0 Å². The summed E-state index contributed by atoms with van der Waals surface area (Å²) in [6.07, 6.45) is 2.28. The average molecular weight is 122 g/mol. The predicted molar refractivity (Wildman–Crippen MR) is 41.3 cm³/mol. The van der Waals surface area contributed by atoms with E-state index in [1.165, 1.54) is 16.7 Å². The molecule has 0 spiro atoms. The second-order valence-electron chi connectivity index (χ2n) is 3.06. The maximum atomic E-state index is 2.28. The zero-order valence-electron chi connectivity index (χ0n) is 6.65. The fraction of sp³-hybridized carbons (Fsp3) is 0.556. The highest BCUT2D eigenvalue weighted by molar-refractivity contribution is 5.50. The second-order valence-corrected chi connectivity index (χ2v) is 3.06. The fourth-order valence-corrected chi connectivity index (χ4v) is 1.20. The molecule has 0 aromatic carbocycles. The van der Waals surface area contributed by atoms with Gasteiger partial charge < -0.3 is 0 Å². The van der Waals surface area contributed by atoms with Crippen molar-refractivity contribution in [1.29, 1.82) is 0 Å². The van der Waals surface area contributed by atoms with Crippen LogP contribution in [0.3, 0.4) is 0 Å². The van der Waals surface area contributed by atoms with Crippen molar-refractivity contribution in [1.82, 2.24) is 0 Å². The standard InChI is InChI=1S/C9H14/c1-6(2)9-5-7(3)8(9)4/h5-6H,1-4H3. The zero-order chi connectivity index (χ0) is 7.02. The van der Waals surface area contributed by atoms with Gasteiger partial charge in [-0.05, 0) is 36.5 Å². The van der Waals surface area contributed by atoms with Gasteiger partial charge in [0.15, 0.2) is 0 Å². The Morgan fingerprint density at radius 3 is 1.89 bits per heavy atom. The van der Waals surface area contributed by atoms with Gasteiger partial charge in [0, 0.05) is 0 Å². The van der Waals surface area contributed by atoms with Crippen LogP contribution in [0.4, 0.5) is 0 Å². The lowest BCUT2D eigenvalue weighted by atomic mass is 9.84. The highest BCUT2D eigenvalue weighted by Crippen LogP contribution is 2.31. The summed E-state index contributed by atoms with van der Waals surface area (Å²) in [5.41, 5.74) is 4.50. The van der Waals surface area contributed by atoms with Crippen LogP contribution in [0.5, 0.6) is 0 Å². The first-order valence-corrected chi connectivity index (χ1v) is 3.52. The van der Waals surface area contributed by atoms with Crippen molar-refractivity contribution in [2.45, 2.75) is 27.7 Å². The fourth-order valence-electron chi connectivity index (χ4n) is 1.20. The molecule has 0 unspecified atom stereocenters. The van der Waals surface area contributed by atoms with E-state index in [1.807, 2.05) is 0 Å². The van der Waals surface area contributed by atoms with Crippen LogP contribution < -0.4 is 0 Å². The summed E-state index contributed by atoms with van der Waals surface area (Å²) in [6.45, 7) is 8.84. The topological polar surface area (TPSA) is 0 Å². The van der Waals surface area contributed by atoms with Crippen LogP contribution >= 0.6 is 0 Å². The minimum absolute atomic E-state index is 0.716. The van der Waals surface area contributed by atoms with Crippen LogP contribution in [-0.2, 0) is 0 Å². The van der Waals surface area contributed by atoms with Gasteiger partial charge in [0.1, 0.15) is 0 Å². The van der Waals surface area contributed by atoms with E-state index in [0.29, 0.717) is 5.92 Å². The molecule has 0 amide bonds. The van der Waals surface area contributed by atoms with Crippen molar-refractivity contribution in [3.63, 3.8) is 0 Å². The van der Waals surface area contributed by atoms with Crippen molar-refractivity contribution in [2.24, 2.45) is 5.92 Å². The third-order valence-electron chi connectivity index (χ3n) is 2.02. The number of hydrogen-bond acceptors (Lipinski definition) is 0. The summed E-state index contributed by atoms with van der Waals surface area (Å²) in [5.74, 6) is 0.716. The van der Waals surface area contributed by atoms with Gasteiger partial charge in [0.25, 0.3) is 0 Å². The third kappa shape index (κ3) is 0.937. The van der Waals surface area contributed by atoms with E-state index in [1.54, 1.807) is 0 Å². The van der Waals surface area contributed by atoms with Gasteiger partial charge in [-0.2, -0.15) is 0 Å². The lowest BCUT2D eigenvalue weighted by Gasteiger charge is -2.21. The Morgan fingerprint density at radius 1 is 1.22 bits per heavy atom. The molecule has 1 aliphatic rings. The van der Waals surface area contributed by atoms with E-state index in [9.17, 15) is 0 Å². The first-order chi connectivity index (χ1) is 4.13. The minimum Gasteiger partial charge on any atom is -0.0587 e. The Bertz CT molecular complexity index is 180. The summed E-state index contributed by atoms with van der Waals surface area (Å²) in [7, 11) is 0. The number of allylic oxidation sites excluding steroid dienone is 4. The Kier molecular flexibility index (Phi) is 1.48. The van der Waals surface area contributed by atoms with Crippen molar-refractivity contribution >= 4 is 0 Å². The molecule has 50 valence electrons. The molecule has 0 saturated heterocycles. The van der Waals surface area contributed by atoms with Crippen molar-refractivity contribution in [3.8, 4) is 0 Å². The first kappa shape index (κ1) is 6.60. The van der Waals surface area contributed by atoms with Gasteiger partial charge in [-0.3, -0.25) is 0 Å². The molecule has 0 bridgehead atoms. The van der Waals surface area contributed by atoms with Gasteiger partial charge in [0.05, 0.1) is 0 Å². The molecule has 0 atom stereocenters. The number of rotatable bonds is 1. The van der Waals surface area contributed by atoms with Crippen molar-refractivity contribution in [2.75, 3.05) is 0 Å². The molecule has 1 aliphatic carbocycles. The van der Waals surface area contributed by atoms with Crippen LogP contribution in [0.25, 0.3) is 0 Å². The van der Waals surface area contributed by atoms with Gasteiger partial charge in [0.2, 0.25) is 0 Å². The van der Waals surface area contributed by atoms with Gasteiger partial charge in [-0.25, -0.2) is 0 Å². The molecule has 0 saturated carbocycles. The van der Waals surface area contributed by atoms with Crippen molar-refractivity contribution < 1.29 is 0 Å². The molecule has 0 radical (unpaired) electrons. The summed E-state index contributed by atoms with van der Waals surface area (Å²) in [5, 5.41) is 0. The second kappa shape index (κ2) is 2.02. The quantitative estimate of drug-likeness (QED) is 0.501. The average Bonchev–Trinajstić information content (AvgIpc) is 1.81. The van der Waals surface area contributed by atoms with Crippen LogP contribution in [0.15, 0.2) is 22.8 Å². The summed E-state index contributed by atoms with van der Waals surface area (Å²) < 4.78 is 0. The molecule has 1 rings (SSSR count). The van der Waals surface area contributed by atoms with Crippen LogP contribution in [-0.4, -0.2) is 0 Å². The van der Waals surface area contributed by atoms with E-state index in [-0.39, 0.29) is 0 Å². The van der Waals surface area contributed by atoms with E-state index in [2.05, 4.69) is 33.8 Å². The lowest BCUT2D eigenvalue weighted by Crippen LogP contribution is -2.04. The molecule has 0 aromatic heterocycles. The highest BCUT2D eigenvalue weighted by Gasteiger charge is 2.13. The summed E-state index contributed by atoms with van der Waals surface area (Å²) in [6, 6.07) is 0. The lowest BCUT2D eigenvalue weighted by molar-refractivity contribution is 0.766. The molecule has 0 heterocycles. The van der Waals surface area contributed by atoms with Gasteiger partial charge >= 0.3 is 0 Å². The van der Waals surface area contributed by atoms with Crippen LogP contribution in [0.2, 0.25) is 0 Å². The Balaban J connectivity index is 2.68. The molecule has 0 aliphatic heterocycles. The Labute approximate surface area is 57.3 Å². The van der Waals surface area contributed by atoms with Gasteiger partial charge in [-0.1, -0.05) is 19.9 Å². The van der Waals surface area contributed by atoms with E-state index >= 15 is 0 Å². The van der Waals surface area contributed by atoms with E-state index < -0.39 is 0 Å². The summed E-state index contributed by atoms with van der Waals surface area (Å²) in [4.78, 5) is 0. The zero-order valence-corrected chi connectivity index (χ0v) is 6.65. The molecular formula is C9H14. The highest BCUT2D eigenvalue weighted by atomic mass is 14.2. The molecule has 0 nitrogen and oxygen atoms in total. The smallest absolute Gasteiger partial charge is 0.0216 e. The number of hydrogen-bond donors (Lipinski definition) is 0. The molecule has 9 heavy (non-hydrogen) atoms.